The summed E-state index contributed by atoms with van der Waals surface area (Å²) in [5, 5.41) is 0. The molecule has 0 aliphatic heterocycles. The number of rotatable bonds is 4. The van der Waals surface area contributed by atoms with Gasteiger partial charge in [-0.05, 0) is 17.2 Å². The number of benzene rings is 1. The van der Waals surface area contributed by atoms with Crippen molar-refractivity contribution in [2.24, 2.45) is 0 Å². The summed E-state index contributed by atoms with van der Waals surface area (Å²) >= 11 is 0. The van der Waals surface area contributed by atoms with Crippen LogP contribution < -0.4 is 11.2 Å². The maximum Gasteiger partial charge on any atom is 0.423 e. The van der Waals surface area contributed by atoms with Crippen LogP contribution >= 0.6 is 0 Å². The SMILES string of the molecule is COC(=O)/C=C/c1ccc(Cn2cc(C(F)(F)F)c(=O)[nH]c2=O)cc1. The molecule has 0 unspecified atom stereocenters. The summed E-state index contributed by atoms with van der Waals surface area (Å²) in [7, 11) is 1.24. The van der Waals surface area contributed by atoms with Gasteiger partial charge in [0.25, 0.3) is 5.56 Å². The van der Waals surface area contributed by atoms with Crippen molar-refractivity contribution >= 4 is 12.0 Å². The van der Waals surface area contributed by atoms with Crippen molar-refractivity contribution in [2.75, 3.05) is 7.11 Å². The van der Waals surface area contributed by atoms with E-state index < -0.39 is 29.0 Å². The molecule has 132 valence electrons. The van der Waals surface area contributed by atoms with Crippen molar-refractivity contribution in [1.82, 2.24) is 9.55 Å². The maximum absolute atomic E-state index is 12.8. The number of alkyl halides is 3. The van der Waals surface area contributed by atoms with E-state index in [4.69, 9.17) is 0 Å². The first-order chi connectivity index (χ1) is 11.7. The third-order valence-electron chi connectivity index (χ3n) is 3.26. The molecule has 0 aliphatic rings. The van der Waals surface area contributed by atoms with Crippen LogP contribution in [0.15, 0.2) is 46.1 Å². The summed E-state index contributed by atoms with van der Waals surface area (Å²) in [6.07, 6.45) is -1.64. The van der Waals surface area contributed by atoms with Crippen molar-refractivity contribution in [1.29, 1.82) is 0 Å². The first-order valence-electron chi connectivity index (χ1n) is 6.96. The number of halogens is 3. The molecule has 0 bridgehead atoms. The molecule has 0 fully saturated rings. The molecule has 0 aliphatic carbocycles. The van der Waals surface area contributed by atoms with E-state index in [-0.39, 0.29) is 6.54 Å². The molecule has 1 aromatic heterocycles. The second kappa shape index (κ2) is 7.20. The fourth-order valence-electron chi connectivity index (χ4n) is 1.99. The molecule has 6 nitrogen and oxygen atoms in total. The molecule has 2 rings (SSSR count). The summed E-state index contributed by atoms with van der Waals surface area (Å²) in [5.74, 6) is -0.524. The molecule has 0 amide bonds. The highest BCUT2D eigenvalue weighted by molar-refractivity contribution is 5.86. The largest absolute Gasteiger partial charge is 0.466 e. The summed E-state index contributed by atoms with van der Waals surface area (Å²) in [5.41, 5.74) is -2.65. The molecule has 25 heavy (non-hydrogen) atoms. The van der Waals surface area contributed by atoms with E-state index in [1.54, 1.807) is 29.2 Å². The van der Waals surface area contributed by atoms with E-state index in [0.29, 0.717) is 17.3 Å². The number of hydrogen-bond donors (Lipinski definition) is 1. The van der Waals surface area contributed by atoms with Gasteiger partial charge in [0, 0.05) is 12.3 Å². The normalized spacial score (nSPS) is 11.7. The van der Waals surface area contributed by atoms with Crippen LogP contribution in [-0.2, 0) is 22.3 Å². The second-order valence-corrected chi connectivity index (χ2v) is 5.03. The van der Waals surface area contributed by atoms with Crippen molar-refractivity contribution in [2.45, 2.75) is 12.7 Å². The molecular weight excluding hydrogens is 341 g/mol. The van der Waals surface area contributed by atoms with Gasteiger partial charge in [0.15, 0.2) is 0 Å². The predicted octanol–water partition coefficient (Wildman–Crippen LogP) is 1.79. The van der Waals surface area contributed by atoms with Gasteiger partial charge in [-0.25, -0.2) is 9.59 Å². The highest BCUT2D eigenvalue weighted by Crippen LogP contribution is 2.25. The van der Waals surface area contributed by atoms with Gasteiger partial charge in [-0.15, -0.1) is 0 Å². The van der Waals surface area contributed by atoms with Crippen molar-refractivity contribution in [3.63, 3.8) is 0 Å². The molecule has 1 N–H and O–H groups in total. The molecule has 0 radical (unpaired) electrons. The molecule has 0 saturated carbocycles. The van der Waals surface area contributed by atoms with Crippen LogP contribution in [0.3, 0.4) is 0 Å². The Morgan fingerprint density at radius 2 is 1.88 bits per heavy atom. The topological polar surface area (TPSA) is 81.2 Å². The number of methoxy groups -OCH3 is 1. The Labute approximate surface area is 139 Å². The molecule has 9 heteroatoms. The van der Waals surface area contributed by atoms with Crippen LogP contribution in [0.2, 0.25) is 0 Å². The summed E-state index contributed by atoms with van der Waals surface area (Å²) in [6, 6.07) is 6.41. The number of carbonyl (C=O) groups excluding carboxylic acids is 1. The quantitative estimate of drug-likeness (QED) is 0.670. The van der Waals surface area contributed by atoms with Crippen LogP contribution in [0.1, 0.15) is 16.7 Å². The minimum Gasteiger partial charge on any atom is -0.466 e. The standard InChI is InChI=1S/C16H13F3N2O4/c1-25-13(22)7-6-10-2-4-11(5-3-10)8-21-9-12(16(17,18)19)14(23)20-15(21)24/h2-7,9H,8H2,1H3,(H,20,23,24)/b7-6+. The molecule has 2 aromatic rings. The van der Waals surface area contributed by atoms with Gasteiger partial charge in [-0.3, -0.25) is 14.3 Å². The van der Waals surface area contributed by atoms with Gasteiger partial charge in [0.05, 0.1) is 13.7 Å². The minimum atomic E-state index is -4.86. The smallest absolute Gasteiger partial charge is 0.423 e. The Bertz CT molecular complexity index is 909. The molecule has 0 spiro atoms. The predicted molar refractivity (Wildman–Crippen MR) is 82.9 cm³/mol. The average Bonchev–Trinajstić information content (AvgIpc) is 2.55. The number of nitrogens with one attached hydrogen (secondary N) is 1. The van der Waals surface area contributed by atoms with Crippen molar-refractivity contribution in [3.8, 4) is 0 Å². The highest BCUT2D eigenvalue weighted by atomic mass is 19.4. The Kier molecular flexibility index (Phi) is 5.26. The number of nitrogens with zero attached hydrogens (tertiary/aromatic N) is 1. The second-order valence-electron chi connectivity index (χ2n) is 5.03. The summed E-state index contributed by atoms with van der Waals surface area (Å²) < 4.78 is 43.5. The lowest BCUT2D eigenvalue weighted by atomic mass is 10.1. The van der Waals surface area contributed by atoms with Crippen molar-refractivity contribution in [3.05, 3.63) is 74.1 Å². The van der Waals surface area contributed by atoms with E-state index in [2.05, 4.69) is 4.74 Å². The number of esters is 1. The zero-order chi connectivity index (χ0) is 18.6. The lowest BCUT2D eigenvalue weighted by Gasteiger charge is -2.10. The number of carbonyl (C=O) groups is 1. The van der Waals surface area contributed by atoms with Crippen LogP contribution in [-0.4, -0.2) is 22.6 Å². The van der Waals surface area contributed by atoms with E-state index in [1.165, 1.54) is 19.3 Å². The Hall–Kier alpha value is -3.10. The molecule has 0 atom stereocenters. The number of ether oxygens (including phenoxy) is 1. The average molecular weight is 354 g/mol. The Morgan fingerprint density at radius 3 is 2.44 bits per heavy atom. The Morgan fingerprint density at radius 1 is 1.24 bits per heavy atom. The van der Waals surface area contributed by atoms with E-state index >= 15 is 0 Å². The van der Waals surface area contributed by atoms with E-state index in [0.717, 1.165) is 4.57 Å². The third kappa shape index (κ3) is 4.69. The van der Waals surface area contributed by atoms with Crippen LogP contribution in [0.4, 0.5) is 13.2 Å². The van der Waals surface area contributed by atoms with Crippen LogP contribution in [0, 0.1) is 0 Å². The van der Waals surface area contributed by atoms with Gasteiger partial charge in [-0.2, -0.15) is 13.2 Å². The lowest BCUT2D eigenvalue weighted by molar-refractivity contribution is -0.139. The molecule has 1 heterocycles. The van der Waals surface area contributed by atoms with Gasteiger partial charge < -0.3 is 4.74 Å². The molecule has 0 saturated heterocycles. The lowest BCUT2D eigenvalue weighted by Crippen LogP contribution is -2.34. The number of H-pyrrole nitrogens is 1. The maximum atomic E-state index is 12.8. The van der Waals surface area contributed by atoms with E-state index in [1.807, 2.05) is 0 Å². The number of hydrogen-bond acceptors (Lipinski definition) is 4. The Balaban J connectivity index is 2.26. The number of aromatic nitrogens is 2. The first-order valence-corrected chi connectivity index (χ1v) is 6.96. The van der Waals surface area contributed by atoms with Gasteiger partial charge >= 0.3 is 17.8 Å². The summed E-state index contributed by atoms with van der Waals surface area (Å²) in [4.78, 5) is 35.6. The first kappa shape index (κ1) is 18.2. The van der Waals surface area contributed by atoms with E-state index in [9.17, 15) is 27.6 Å². The summed E-state index contributed by atoms with van der Waals surface area (Å²) in [6.45, 7) is -0.153. The van der Waals surface area contributed by atoms with Crippen LogP contribution in [0.5, 0.6) is 0 Å². The van der Waals surface area contributed by atoms with Crippen LogP contribution in [0.25, 0.3) is 6.08 Å². The van der Waals surface area contributed by atoms with Gasteiger partial charge in [0.2, 0.25) is 0 Å². The minimum absolute atomic E-state index is 0.153. The number of aromatic amines is 1. The highest BCUT2D eigenvalue weighted by Gasteiger charge is 2.34. The zero-order valence-electron chi connectivity index (χ0n) is 13.0. The zero-order valence-corrected chi connectivity index (χ0v) is 13.0. The third-order valence-corrected chi connectivity index (χ3v) is 3.26. The molecule has 1 aromatic carbocycles. The van der Waals surface area contributed by atoms with Crippen molar-refractivity contribution < 1.29 is 22.7 Å². The molecular formula is C16H13F3N2O4. The fraction of sp³-hybridized carbons (Fsp3) is 0.188. The van der Waals surface area contributed by atoms with Gasteiger partial charge in [-0.1, -0.05) is 24.3 Å². The fourth-order valence-corrected chi connectivity index (χ4v) is 1.99. The monoisotopic (exact) mass is 354 g/mol. The van der Waals surface area contributed by atoms with Gasteiger partial charge in [0.1, 0.15) is 5.56 Å².